The van der Waals surface area contributed by atoms with Gasteiger partial charge in [0.05, 0.1) is 6.04 Å². The predicted octanol–water partition coefficient (Wildman–Crippen LogP) is 0.243. The Kier molecular flexibility index (Phi) is 7.82. The van der Waals surface area contributed by atoms with Gasteiger partial charge in [0, 0.05) is 45.2 Å². The number of rotatable bonds is 7. The Morgan fingerprint density at radius 3 is 2.23 bits per heavy atom. The van der Waals surface area contributed by atoms with Gasteiger partial charge in [-0.15, -0.1) is 0 Å². The molecule has 22 heavy (non-hydrogen) atoms. The van der Waals surface area contributed by atoms with Crippen molar-refractivity contribution in [2.75, 3.05) is 52.9 Å². The Morgan fingerprint density at radius 1 is 1.14 bits per heavy atom. The van der Waals surface area contributed by atoms with E-state index in [-0.39, 0.29) is 23.8 Å². The Hall–Kier alpha value is -1.14. The first-order valence-electron chi connectivity index (χ1n) is 8.35. The fourth-order valence-corrected chi connectivity index (χ4v) is 2.49. The summed E-state index contributed by atoms with van der Waals surface area (Å²) in [5.41, 5.74) is 0. The van der Waals surface area contributed by atoms with Crippen molar-refractivity contribution in [3.05, 3.63) is 0 Å². The minimum absolute atomic E-state index is 0.000720. The number of amides is 2. The molecule has 6 nitrogen and oxygen atoms in total. The van der Waals surface area contributed by atoms with E-state index < -0.39 is 0 Å². The van der Waals surface area contributed by atoms with Crippen LogP contribution in [0.5, 0.6) is 0 Å². The molecule has 0 aromatic heterocycles. The largest absolute Gasteiger partial charge is 0.355 e. The molecule has 1 rings (SSSR count). The predicted molar refractivity (Wildman–Crippen MR) is 88.6 cm³/mol. The van der Waals surface area contributed by atoms with E-state index in [2.05, 4.69) is 17.1 Å². The van der Waals surface area contributed by atoms with Crippen LogP contribution in [-0.2, 0) is 9.59 Å². The second-order valence-corrected chi connectivity index (χ2v) is 6.36. The average Bonchev–Trinajstić information content (AvgIpc) is 2.53. The monoisotopic (exact) mass is 312 g/mol. The highest BCUT2D eigenvalue weighted by Crippen LogP contribution is 2.06. The highest BCUT2D eigenvalue weighted by atomic mass is 16.2. The first-order valence-corrected chi connectivity index (χ1v) is 8.35. The number of carbonyl (C=O) groups excluding carboxylic acids is 2. The maximum Gasteiger partial charge on any atom is 0.239 e. The van der Waals surface area contributed by atoms with Gasteiger partial charge in [0.25, 0.3) is 0 Å². The molecule has 1 aliphatic heterocycles. The van der Waals surface area contributed by atoms with Gasteiger partial charge >= 0.3 is 0 Å². The number of hydrogen-bond acceptors (Lipinski definition) is 4. The molecule has 1 fully saturated rings. The van der Waals surface area contributed by atoms with Crippen LogP contribution in [-0.4, -0.2) is 85.4 Å². The van der Waals surface area contributed by atoms with Gasteiger partial charge in [-0.25, -0.2) is 0 Å². The molecule has 0 unspecified atom stereocenters. The Bertz CT molecular complexity index is 365. The van der Waals surface area contributed by atoms with Gasteiger partial charge in [-0.3, -0.25) is 14.5 Å². The lowest BCUT2D eigenvalue weighted by Gasteiger charge is -2.37. The molecule has 1 atom stereocenters. The molecular weight excluding hydrogens is 280 g/mol. The quantitative estimate of drug-likeness (QED) is 0.732. The third kappa shape index (κ3) is 5.57. The van der Waals surface area contributed by atoms with Crippen molar-refractivity contribution in [3.8, 4) is 0 Å². The molecule has 2 amide bonds. The fourth-order valence-electron chi connectivity index (χ4n) is 2.49. The zero-order valence-electron chi connectivity index (χ0n) is 14.8. The molecule has 6 heteroatoms. The van der Waals surface area contributed by atoms with E-state index >= 15 is 0 Å². The molecule has 0 spiro atoms. The second kappa shape index (κ2) is 9.10. The molecule has 0 bridgehead atoms. The van der Waals surface area contributed by atoms with E-state index in [1.165, 1.54) is 0 Å². The van der Waals surface area contributed by atoms with Gasteiger partial charge in [0.15, 0.2) is 0 Å². The van der Waals surface area contributed by atoms with Crippen LogP contribution in [0.1, 0.15) is 27.7 Å². The lowest BCUT2D eigenvalue weighted by Crippen LogP contribution is -2.54. The third-order valence-corrected chi connectivity index (χ3v) is 4.44. The highest BCUT2D eigenvalue weighted by Gasteiger charge is 2.26. The molecular formula is C16H32N4O2. The Labute approximate surface area is 134 Å². The number of hydrogen-bond donors (Lipinski definition) is 1. The topological polar surface area (TPSA) is 55.9 Å². The number of nitrogens with zero attached hydrogens (tertiary/aromatic N) is 3. The molecule has 0 aliphatic carbocycles. The van der Waals surface area contributed by atoms with E-state index in [0.717, 1.165) is 32.7 Å². The number of nitrogens with one attached hydrogen (secondary N) is 1. The molecule has 0 aromatic rings. The van der Waals surface area contributed by atoms with Crippen LogP contribution in [0.2, 0.25) is 0 Å². The number of carbonyl (C=O) groups is 2. The van der Waals surface area contributed by atoms with E-state index in [9.17, 15) is 9.59 Å². The zero-order chi connectivity index (χ0) is 16.7. The van der Waals surface area contributed by atoms with Crippen molar-refractivity contribution in [1.82, 2.24) is 20.0 Å². The van der Waals surface area contributed by atoms with Gasteiger partial charge in [-0.1, -0.05) is 20.8 Å². The van der Waals surface area contributed by atoms with E-state index in [1.807, 2.05) is 37.6 Å². The van der Waals surface area contributed by atoms with Crippen molar-refractivity contribution in [3.63, 3.8) is 0 Å². The van der Waals surface area contributed by atoms with E-state index in [1.54, 1.807) is 0 Å². The molecule has 0 aromatic carbocycles. The lowest BCUT2D eigenvalue weighted by molar-refractivity contribution is -0.137. The zero-order valence-corrected chi connectivity index (χ0v) is 14.8. The summed E-state index contributed by atoms with van der Waals surface area (Å²) in [5, 5.41) is 2.89. The molecule has 0 saturated carbocycles. The minimum atomic E-state index is -0.149. The van der Waals surface area contributed by atoms with Crippen LogP contribution in [0.25, 0.3) is 0 Å². The van der Waals surface area contributed by atoms with Crippen LogP contribution in [0.3, 0.4) is 0 Å². The number of likely N-dealkylation sites (N-methyl/N-ethyl adjacent to an activating group) is 2. The SMILES string of the molecule is CCN1CCN(C(=O)[C@H](C)N(C)CCNC(=O)C(C)C)CC1. The van der Waals surface area contributed by atoms with Crippen LogP contribution in [0, 0.1) is 5.92 Å². The van der Waals surface area contributed by atoms with Gasteiger partial charge in [-0.05, 0) is 20.5 Å². The first-order chi connectivity index (χ1) is 10.4. The molecule has 0 radical (unpaired) electrons. The van der Waals surface area contributed by atoms with Crippen molar-refractivity contribution < 1.29 is 9.59 Å². The average molecular weight is 312 g/mol. The smallest absolute Gasteiger partial charge is 0.239 e. The normalized spacial score (nSPS) is 17.9. The number of piperazine rings is 1. The van der Waals surface area contributed by atoms with Gasteiger partial charge < -0.3 is 15.1 Å². The van der Waals surface area contributed by atoms with Gasteiger partial charge in [-0.2, -0.15) is 0 Å². The fraction of sp³-hybridized carbons (Fsp3) is 0.875. The Balaban J connectivity index is 2.34. The standard InChI is InChI=1S/C16H32N4O2/c1-6-19-9-11-20(12-10-19)16(22)14(4)18(5)8-7-17-15(21)13(2)3/h13-14H,6-12H2,1-5H3,(H,17,21)/t14-/m0/s1. The summed E-state index contributed by atoms with van der Waals surface area (Å²) in [7, 11) is 1.94. The summed E-state index contributed by atoms with van der Waals surface area (Å²) >= 11 is 0. The molecule has 1 heterocycles. The highest BCUT2D eigenvalue weighted by molar-refractivity contribution is 5.81. The maximum absolute atomic E-state index is 12.5. The van der Waals surface area contributed by atoms with E-state index in [4.69, 9.17) is 0 Å². The molecule has 1 N–H and O–H groups in total. The third-order valence-electron chi connectivity index (χ3n) is 4.44. The van der Waals surface area contributed by atoms with Crippen molar-refractivity contribution in [2.24, 2.45) is 5.92 Å². The molecule has 1 aliphatic rings. The van der Waals surface area contributed by atoms with Crippen LogP contribution >= 0.6 is 0 Å². The lowest BCUT2D eigenvalue weighted by atomic mass is 10.2. The minimum Gasteiger partial charge on any atom is -0.355 e. The van der Waals surface area contributed by atoms with Crippen LogP contribution in [0.4, 0.5) is 0 Å². The van der Waals surface area contributed by atoms with Crippen LogP contribution < -0.4 is 5.32 Å². The Morgan fingerprint density at radius 2 is 1.73 bits per heavy atom. The van der Waals surface area contributed by atoms with Crippen LogP contribution in [0.15, 0.2) is 0 Å². The van der Waals surface area contributed by atoms with Crippen molar-refractivity contribution in [1.29, 1.82) is 0 Å². The first kappa shape index (κ1) is 18.9. The summed E-state index contributed by atoms with van der Waals surface area (Å²) < 4.78 is 0. The van der Waals surface area contributed by atoms with E-state index in [0.29, 0.717) is 13.1 Å². The summed E-state index contributed by atoms with van der Waals surface area (Å²) in [6.45, 7) is 13.7. The molecule has 128 valence electrons. The second-order valence-electron chi connectivity index (χ2n) is 6.36. The van der Waals surface area contributed by atoms with Gasteiger partial charge in [0.2, 0.25) is 11.8 Å². The van der Waals surface area contributed by atoms with Crippen molar-refractivity contribution >= 4 is 11.8 Å². The van der Waals surface area contributed by atoms with Gasteiger partial charge in [0.1, 0.15) is 0 Å². The molecule has 1 saturated heterocycles. The maximum atomic E-state index is 12.5. The summed E-state index contributed by atoms with van der Waals surface area (Å²) in [6.07, 6.45) is 0. The summed E-state index contributed by atoms with van der Waals surface area (Å²) in [4.78, 5) is 30.4. The summed E-state index contributed by atoms with van der Waals surface area (Å²) in [5.74, 6) is 0.246. The van der Waals surface area contributed by atoms with Crippen molar-refractivity contribution in [2.45, 2.75) is 33.7 Å². The summed E-state index contributed by atoms with van der Waals surface area (Å²) in [6, 6.07) is -0.149.